The van der Waals surface area contributed by atoms with Crippen molar-refractivity contribution < 1.29 is 29.5 Å². The second-order valence-corrected chi connectivity index (χ2v) is 13.1. The van der Waals surface area contributed by atoms with E-state index in [4.69, 9.17) is 14.2 Å². The summed E-state index contributed by atoms with van der Waals surface area (Å²) in [5, 5.41) is 28.7. The molecule has 3 unspecified atom stereocenters. The first-order valence-electron chi connectivity index (χ1n) is 18.0. The van der Waals surface area contributed by atoms with Crippen LogP contribution in [-0.2, 0) is 0 Å². The van der Waals surface area contributed by atoms with Crippen LogP contribution in [0.2, 0.25) is 0 Å². The molecule has 0 saturated carbocycles. The van der Waals surface area contributed by atoms with Crippen molar-refractivity contribution in [3.63, 3.8) is 0 Å². The van der Waals surface area contributed by atoms with Gasteiger partial charge in [-0.25, -0.2) is 0 Å². The van der Waals surface area contributed by atoms with Crippen molar-refractivity contribution in [1.82, 2.24) is 0 Å². The van der Waals surface area contributed by atoms with Gasteiger partial charge in [-0.05, 0) is 73.4 Å². The summed E-state index contributed by atoms with van der Waals surface area (Å²) in [5.41, 5.74) is 0. The number of para-hydroxylation sites is 3. The van der Waals surface area contributed by atoms with E-state index >= 15 is 0 Å². The lowest BCUT2D eigenvalue weighted by Crippen LogP contribution is -2.19. The fraction of sp³-hybridized carbons (Fsp3) is 0.571. The molecule has 6 nitrogen and oxygen atoms in total. The van der Waals surface area contributed by atoms with Crippen LogP contribution in [0.15, 0.2) is 91.0 Å². The van der Waals surface area contributed by atoms with Crippen molar-refractivity contribution >= 4 is 0 Å². The molecular formula is C42H70O6. The van der Waals surface area contributed by atoms with E-state index in [9.17, 15) is 15.3 Å². The molecule has 0 aliphatic rings. The average molecular weight is 671 g/mol. The van der Waals surface area contributed by atoms with Gasteiger partial charge in [0.25, 0.3) is 0 Å². The molecule has 0 aliphatic carbocycles. The zero-order valence-electron chi connectivity index (χ0n) is 31.8. The van der Waals surface area contributed by atoms with Gasteiger partial charge in [0.05, 0.1) is 18.3 Å². The van der Waals surface area contributed by atoms with Gasteiger partial charge in [-0.2, -0.15) is 0 Å². The Hall–Kier alpha value is -3.06. The summed E-state index contributed by atoms with van der Waals surface area (Å²) in [6, 6.07) is 28.7. The number of aliphatic hydroxyl groups is 3. The van der Waals surface area contributed by atoms with Crippen molar-refractivity contribution in [3.8, 4) is 17.2 Å². The van der Waals surface area contributed by atoms with E-state index in [0.29, 0.717) is 37.6 Å². The summed E-state index contributed by atoms with van der Waals surface area (Å²) < 4.78 is 16.3. The SMILES string of the molecule is CC(C)CC(O)COc1ccccc1.CC(C)CC(O)COc1ccccc1.CC(C)CC(O)COc1ccccc1.CCC.CCC. The van der Waals surface area contributed by atoms with Gasteiger partial charge < -0.3 is 29.5 Å². The Morgan fingerprint density at radius 1 is 0.396 bits per heavy atom. The maximum absolute atomic E-state index is 9.56. The Kier molecular flexibility index (Phi) is 31.8. The third-order valence-electron chi connectivity index (χ3n) is 5.79. The number of benzene rings is 3. The predicted octanol–water partition coefficient (Wildman–Crippen LogP) is 10.2. The third kappa shape index (κ3) is 32.9. The van der Waals surface area contributed by atoms with Crippen LogP contribution in [0.5, 0.6) is 17.2 Å². The van der Waals surface area contributed by atoms with Crippen LogP contribution in [0.3, 0.4) is 0 Å². The minimum Gasteiger partial charge on any atom is -0.491 e. The molecule has 3 aromatic carbocycles. The fourth-order valence-electron chi connectivity index (χ4n) is 3.96. The molecule has 0 fully saturated rings. The summed E-state index contributed by atoms with van der Waals surface area (Å²) >= 11 is 0. The lowest BCUT2D eigenvalue weighted by atomic mass is 10.1. The molecular weight excluding hydrogens is 600 g/mol. The Labute approximate surface area is 294 Å². The van der Waals surface area contributed by atoms with Gasteiger partial charge in [0, 0.05) is 0 Å². The van der Waals surface area contributed by atoms with Gasteiger partial charge in [0.15, 0.2) is 0 Å². The topological polar surface area (TPSA) is 88.4 Å². The van der Waals surface area contributed by atoms with Crippen LogP contribution in [-0.4, -0.2) is 53.5 Å². The van der Waals surface area contributed by atoms with Crippen LogP contribution in [0.1, 0.15) is 101 Å². The largest absolute Gasteiger partial charge is 0.491 e. The first kappa shape index (κ1) is 47.1. The minimum absolute atomic E-state index is 0.366. The molecule has 3 atom stereocenters. The molecule has 3 rings (SSSR count). The first-order chi connectivity index (χ1) is 22.9. The second kappa shape index (κ2) is 32.5. The van der Waals surface area contributed by atoms with Gasteiger partial charge in [0.2, 0.25) is 0 Å². The minimum atomic E-state index is -0.366. The van der Waals surface area contributed by atoms with E-state index in [0.717, 1.165) is 36.5 Å². The smallest absolute Gasteiger partial charge is 0.119 e. The highest BCUT2D eigenvalue weighted by atomic mass is 16.5. The summed E-state index contributed by atoms with van der Waals surface area (Å²) in [7, 11) is 0. The van der Waals surface area contributed by atoms with Crippen molar-refractivity contribution in [1.29, 1.82) is 0 Å². The first-order valence-corrected chi connectivity index (χ1v) is 18.0. The Morgan fingerprint density at radius 2 is 0.583 bits per heavy atom. The van der Waals surface area contributed by atoms with Crippen LogP contribution >= 0.6 is 0 Å². The number of ether oxygens (including phenoxy) is 3. The molecule has 6 heteroatoms. The molecule has 3 N–H and O–H groups in total. The van der Waals surface area contributed by atoms with Crippen molar-refractivity contribution in [3.05, 3.63) is 91.0 Å². The van der Waals surface area contributed by atoms with Gasteiger partial charge in [-0.15, -0.1) is 0 Å². The van der Waals surface area contributed by atoms with E-state index in [-0.39, 0.29) is 18.3 Å². The fourth-order valence-corrected chi connectivity index (χ4v) is 3.96. The van der Waals surface area contributed by atoms with Crippen LogP contribution < -0.4 is 14.2 Å². The van der Waals surface area contributed by atoms with E-state index in [1.807, 2.05) is 91.0 Å². The Morgan fingerprint density at radius 3 is 0.750 bits per heavy atom. The van der Waals surface area contributed by atoms with Crippen LogP contribution in [0, 0.1) is 17.8 Å². The number of hydrogen-bond acceptors (Lipinski definition) is 6. The number of aliphatic hydroxyl groups excluding tert-OH is 3. The third-order valence-corrected chi connectivity index (χ3v) is 5.79. The Bertz CT molecular complexity index is 894. The number of rotatable bonds is 15. The summed E-state index contributed by atoms with van der Waals surface area (Å²) in [4.78, 5) is 0. The van der Waals surface area contributed by atoms with Crippen molar-refractivity contribution in [2.75, 3.05) is 19.8 Å². The van der Waals surface area contributed by atoms with Gasteiger partial charge in [-0.3, -0.25) is 0 Å². The monoisotopic (exact) mass is 671 g/mol. The molecule has 3 aromatic rings. The quantitative estimate of drug-likeness (QED) is 0.149. The van der Waals surface area contributed by atoms with Gasteiger partial charge >= 0.3 is 0 Å². The molecule has 0 spiro atoms. The van der Waals surface area contributed by atoms with E-state index in [1.165, 1.54) is 12.8 Å². The summed E-state index contributed by atoms with van der Waals surface area (Å²) in [6.45, 7) is 22.2. The summed E-state index contributed by atoms with van der Waals surface area (Å²) in [5.74, 6) is 3.96. The molecule has 48 heavy (non-hydrogen) atoms. The lowest BCUT2D eigenvalue weighted by Gasteiger charge is -2.13. The van der Waals surface area contributed by atoms with E-state index < -0.39 is 0 Å². The number of hydrogen-bond donors (Lipinski definition) is 3. The average Bonchev–Trinajstić information content (AvgIpc) is 3.04. The highest BCUT2D eigenvalue weighted by molar-refractivity contribution is 5.22. The van der Waals surface area contributed by atoms with E-state index in [1.54, 1.807) is 0 Å². The maximum atomic E-state index is 9.56. The molecule has 274 valence electrons. The van der Waals surface area contributed by atoms with Crippen molar-refractivity contribution in [2.45, 2.75) is 120 Å². The highest BCUT2D eigenvalue weighted by Gasteiger charge is 2.09. The molecule has 0 aliphatic heterocycles. The molecule has 0 saturated heterocycles. The van der Waals surface area contributed by atoms with Gasteiger partial charge in [0.1, 0.15) is 37.1 Å². The molecule has 0 aromatic heterocycles. The van der Waals surface area contributed by atoms with E-state index in [2.05, 4.69) is 69.2 Å². The molecule has 0 bridgehead atoms. The molecule has 0 heterocycles. The van der Waals surface area contributed by atoms with Crippen LogP contribution in [0.25, 0.3) is 0 Å². The molecule has 0 radical (unpaired) electrons. The van der Waals surface area contributed by atoms with Gasteiger partial charge in [-0.1, -0.05) is 137 Å². The molecule has 0 amide bonds. The lowest BCUT2D eigenvalue weighted by molar-refractivity contribution is 0.0891. The maximum Gasteiger partial charge on any atom is 0.119 e. The second-order valence-electron chi connectivity index (χ2n) is 13.1. The predicted molar refractivity (Wildman–Crippen MR) is 204 cm³/mol. The zero-order chi connectivity index (χ0) is 36.6. The summed E-state index contributed by atoms with van der Waals surface area (Å²) in [6.07, 6.45) is 3.76. The normalized spacial score (nSPS) is 12.0. The van der Waals surface area contributed by atoms with Crippen molar-refractivity contribution in [2.24, 2.45) is 17.8 Å². The van der Waals surface area contributed by atoms with Crippen LogP contribution in [0.4, 0.5) is 0 Å². The Balaban J connectivity index is 0. The highest BCUT2D eigenvalue weighted by Crippen LogP contribution is 2.13. The standard InChI is InChI=1S/3C12H18O2.2C3H8/c3*1-10(2)8-11(13)9-14-12-6-4-3-5-7-12;2*1-3-2/h3*3-7,10-11,13H,8-9H2,1-2H3;2*3H2,1-2H3. The zero-order valence-corrected chi connectivity index (χ0v) is 31.8.